The number of hydrogen-bond donors (Lipinski definition) is 3. The number of hydrogen-bond acceptors (Lipinski definition) is 5. The van der Waals surface area contributed by atoms with Gasteiger partial charge < -0.3 is 4.42 Å². The second-order valence-corrected chi connectivity index (χ2v) is 7.39. The van der Waals surface area contributed by atoms with Gasteiger partial charge in [-0.2, -0.15) is 0 Å². The number of furan rings is 1. The maximum Gasteiger partial charge on any atom is 0.305 e. The molecule has 0 aliphatic carbocycles. The summed E-state index contributed by atoms with van der Waals surface area (Å²) in [4.78, 5) is 23.8. The fourth-order valence-corrected chi connectivity index (χ4v) is 3.14. The van der Waals surface area contributed by atoms with Gasteiger partial charge in [0.05, 0.1) is 11.7 Å². The molecule has 2 aromatic carbocycles. The third-order valence-electron chi connectivity index (χ3n) is 3.68. The predicted molar refractivity (Wildman–Crippen MR) is 108 cm³/mol. The lowest BCUT2D eigenvalue weighted by atomic mass is 10.2. The van der Waals surface area contributed by atoms with Crippen LogP contribution in [0.2, 0.25) is 0 Å². The molecule has 0 saturated heterocycles. The maximum absolute atomic E-state index is 12.1. The quantitative estimate of drug-likeness (QED) is 0.539. The molecule has 0 aliphatic heterocycles. The highest BCUT2D eigenvalue weighted by molar-refractivity contribution is 7.95. The molecule has 8 nitrogen and oxygen atoms in total. The van der Waals surface area contributed by atoms with Crippen LogP contribution >= 0.6 is 0 Å². The average Bonchev–Trinajstić information content (AvgIpc) is 3.26. The van der Waals surface area contributed by atoms with E-state index in [-0.39, 0.29) is 11.3 Å². The van der Waals surface area contributed by atoms with Crippen molar-refractivity contribution >= 4 is 33.6 Å². The summed E-state index contributed by atoms with van der Waals surface area (Å²) in [6.45, 7) is 0. The van der Waals surface area contributed by atoms with Crippen LogP contribution < -0.4 is 15.6 Å². The van der Waals surface area contributed by atoms with E-state index in [2.05, 4.69) is 15.6 Å². The zero-order valence-corrected chi connectivity index (χ0v) is 15.8. The van der Waals surface area contributed by atoms with E-state index < -0.39 is 21.8 Å². The van der Waals surface area contributed by atoms with E-state index in [1.807, 2.05) is 6.07 Å². The molecular formula is C20H17N3O5S. The molecular weight excluding hydrogens is 394 g/mol. The summed E-state index contributed by atoms with van der Waals surface area (Å²) < 4.78 is 31.6. The third kappa shape index (κ3) is 5.81. The van der Waals surface area contributed by atoms with Crippen LogP contribution in [0.1, 0.15) is 26.5 Å². The van der Waals surface area contributed by atoms with Gasteiger partial charge in [0.2, 0.25) is 0 Å². The predicted octanol–water partition coefficient (Wildman–Crippen LogP) is 2.77. The number of carbonyl (C=O) groups excluding carboxylic acids is 2. The lowest BCUT2D eigenvalue weighted by Gasteiger charge is -2.08. The number of anilines is 1. The van der Waals surface area contributed by atoms with Crippen LogP contribution in [-0.2, 0) is 10.0 Å². The van der Waals surface area contributed by atoms with Crippen LogP contribution in [0.5, 0.6) is 0 Å². The zero-order valence-electron chi connectivity index (χ0n) is 15.0. The molecule has 0 aliphatic rings. The number of amides is 2. The van der Waals surface area contributed by atoms with E-state index in [0.717, 1.165) is 11.0 Å². The molecule has 1 heterocycles. The van der Waals surface area contributed by atoms with Crippen molar-refractivity contribution in [1.29, 1.82) is 0 Å². The molecule has 2 amide bonds. The summed E-state index contributed by atoms with van der Waals surface area (Å²) in [6.07, 6.45) is 2.82. The molecule has 29 heavy (non-hydrogen) atoms. The first-order valence-electron chi connectivity index (χ1n) is 8.43. The van der Waals surface area contributed by atoms with Crippen LogP contribution in [0.3, 0.4) is 0 Å². The standard InChI is InChI=1S/C20H17N3O5S/c24-19(21-22-20(25)18-7-4-13-28-18)16-8-10-17(11-9-16)23-29(26,27)14-12-15-5-2-1-3-6-15/h1-14,23H,(H,21,24)(H,22,25)/b14-12+. The summed E-state index contributed by atoms with van der Waals surface area (Å²) in [5.41, 5.74) is 5.73. The molecule has 0 bridgehead atoms. The van der Waals surface area contributed by atoms with E-state index in [1.54, 1.807) is 30.3 Å². The average molecular weight is 411 g/mol. The highest BCUT2D eigenvalue weighted by Gasteiger charge is 2.11. The summed E-state index contributed by atoms with van der Waals surface area (Å²) in [5.74, 6) is -1.11. The fraction of sp³-hybridized carbons (Fsp3) is 0. The van der Waals surface area contributed by atoms with Crippen LogP contribution in [0.15, 0.2) is 82.8 Å². The van der Waals surface area contributed by atoms with E-state index in [9.17, 15) is 18.0 Å². The van der Waals surface area contributed by atoms with Gasteiger partial charge in [0.25, 0.3) is 15.9 Å². The molecule has 148 valence electrons. The molecule has 9 heteroatoms. The summed E-state index contributed by atoms with van der Waals surface area (Å²) >= 11 is 0. The number of carbonyl (C=O) groups is 2. The first-order valence-corrected chi connectivity index (χ1v) is 9.98. The minimum Gasteiger partial charge on any atom is -0.459 e. The molecule has 0 fully saturated rings. The largest absolute Gasteiger partial charge is 0.459 e. The smallest absolute Gasteiger partial charge is 0.305 e. The SMILES string of the molecule is O=C(NNC(=O)c1ccco1)c1ccc(NS(=O)(=O)/C=C/c2ccccc2)cc1. The van der Waals surface area contributed by atoms with E-state index in [4.69, 9.17) is 4.42 Å². The van der Waals surface area contributed by atoms with Crippen molar-refractivity contribution in [2.24, 2.45) is 0 Å². The minimum absolute atomic E-state index is 0.0543. The Labute approximate surface area is 167 Å². The monoisotopic (exact) mass is 411 g/mol. The maximum atomic E-state index is 12.1. The Hall–Kier alpha value is -3.85. The second kappa shape index (κ2) is 8.89. The van der Waals surface area contributed by atoms with Crippen molar-refractivity contribution in [3.63, 3.8) is 0 Å². The Kier molecular flexibility index (Phi) is 6.10. The van der Waals surface area contributed by atoms with Crippen molar-refractivity contribution in [3.8, 4) is 0 Å². The van der Waals surface area contributed by atoms with Gasteiger partial charge in [-0.15, -0.1) is 0 Å². The molecule has 3 aromatic rings. The van der Waals surface area contributed by atoms with E-state index in [0.29, 0.717) is 5.69 Å². The summed E-state index contributed by atoms with van der Waals surface area (Å²) in [5, 5.41) is 1.06. The van der Waals surface area contributed by atoms with Crippen molar-refractivity contribution in [2.45, 2.75) is 0 Å². The van der Waals surface area contributed by atoms with E-state index >= 15 is 0 Å². The zero-order chi connectivity index (χ0) is 20.7. The van der Waals surface area contributed by atoms with Gasteiger partial charge in [-0.05, 0) is 48.0 Å². The van der Waals surface area contributed by atoms with Crippen molar-refractivity contribution in [2.75, 3.05) is 4.72 Å². The Morgan fingerprint density at radius 2 is 1.52 bits per heavy atom. The first-order chi connectivity index (χ1) is 13.9. The minimum atomic E-state index is -3.71. The Morgan fingerprint density at radius 1 is 0.828 bits per heavy atom. The van der Waals surface area contributed by atoms with Crippen LogP contribution in [0, 0.1) is 0 Å². The Morgan fingerprint density at radius 3 is 2.17 bits per heavy atom. The molecule has 3 rings (SSSR count). The van der Waals surface area contributed by atoms with Gasteiger partial charge in [-0.25, -0.2) is 8.42 Å². The molecule has 0 radical (unpaired) electrons. The number of nitrogens with one attached hydrogen (secondary N) is 3. The topological polar surface area (TPSA) is 118 Å². The van der Waals surface area contributed by atoms with Crippen LogP contribution in [-0.4, -0.2) is 20.2 Å². The normalized spacial score (nSPS) is 11.2. The highest BCUT2D eigenvalue weighted by atomic mass is 32.2. The summed E-state index contributed by atoms with van der Waals surface area (Å²) in [7, 11) is -3.71. The summed E-state index contributed by atoms with van der Waals surface area (Å²) in [6, 6.07) is 17.7. The number of sulfonamides is 1. The van der Waals surface area contributed by atoms with E-state index in [1.165, 1.54) is 42.7 Å². The molecule has 0 saturated carbocycles. The van der Waals surface area contributed by atoms with Crippen LogP contribution in [0.4, 0.5) is 5.69 Å². The van der Waals surface area contributed by atoms with Gasteiger partial charge in [0, 0.05) is 11.3 Å². The first kappa shape index (κ1) is 19.9. The van der Waals surface area contributed by atoms with Gasteiger partial charge in [-0.1, -0.05) is 30.3 Å². The van der Waals surface area contributed by atoms with Gasteiger partial charge in [0.1, 0.15) is 0 Å². The molecule has 0 unspecified atom stereocenters. The van der Waals surface area contributed by atoms with Crippen molar-refractivity contribution in [1.82, 2.24) is 10.9 Å². The fourth-order valence-electron chi connectivity index (χ4n) is 2.28. The second-order valence-electron chi connectivity index (χ2n) is 5.82. The third-order valence-corrected chi connectivity index (χ3v) is 4.70. The highest BCUT2D eigenvalue weighted by Crippen LogP contribution is 2.13. The van der Waals surface area contributed by atoms with Crippen molar-refractivity contribution < 1.29 is 22.4 Å². The lowest BCUT2D eigenvalue weighted by Crippen LogP contribution is -2.41. The molecule has 0 spiro atoms. The Bertz CT molecular complexity index is 1110. The molecule has 1 aromatic heterocycles. The number of rotatable bonds is 6. The molecule has 0 atom stereocenters. The lowest BCUT2D eigenvalue weighted by molar-refractivity contribution is 0.0831. The molecule has 3 N–H and O–H groups in total. The Balaban J connectivity index is 1.57. The van der Waals surface area contributed by atoms with Crippen LogP contribution in [0.25, 0.3) is 6.08 Å². The van der Waals surface area contributed by atoms with Gasteiger partial charge in [0.15, 0.2) is 5.76 Å². The van der Waals surface area contributed by atoms with Gasteiger partial charge >= 0.3 is 5.91 Å². The number of benzene rings is 2. The van der Waals surface area contributed by atoms with Gasteiger partial charge in [-0.3, -0.25) is 25.2 Å². The van der Waals surface area contributed by atoms with Crippen molar-refractivity contribution in [3.05, 3.63) is 95.3 Å². The number of hydrazine groups is 1.